The molecule has 2 aromatic rings. The number of aryl methyl sites for hydroxylation is 1. The molecule has 0 aromatic heterocycles. The Morgan fingerprint density at radius 3 is 2.65 bits per heavy atom. The van der Waals surface area contributed by atoms with Gasteiger partial charge in [0.05, 0.1) is 13.7 Å². The first-order valence-corrected chi connectivity index (χ1v) is 7.49. The third-order valence-electron chi connectivity index (χ3n) is 3.49. The SMILES string of the molecule is CCOc1ccc(CNC(=O)c2cc(N)ccc2C)cc1OC. The topological polar surface area (TPSA) is 73.6 Å². The van der Waals surface area contributed by atoms with Crippen molar-refractivity contribution in [1.82, 2.24) is 5.32 Å². The Bertz CT molecular complexity index is 699. The highest BCUT2D eigenvalue weighted by molar-refractivity contribution is 5.96. The molecular weight excluding hydrogens is 292 g/mol. The number of anilines is 1. The van der Waals surface area contributed by atoms with Gasteiger partial charge in [-0.05, 0) is 49.2 Å². The first-order chi connectivity index (χ1) is 11.0. The normalized spacial score (nSPS) is 10.2. The predicted octanol–water partition coefficient (Wildman–Crippen LogP) is 2.91. The van der Waals surface area contributed by atoms with E-state index in [4.69, 9.17) is 15.2 Å². The molecular formula is C18H22N2O3. The molecule has 0 spiro atoms. The first-order valence-electron chi connectivity index (χ1n) is 7.49. The van der Waals surface area contributed by atoms with Crippen LogP contribution in [0.2, 0.25) is 0 Å². The number of carbonyl (C=O) groups excluding carboxylic acids is 1. The summed E-state index contributed by atoms with van der Waals surface area (Å²) >= 11 is 0. The van der Waals surface area contributed by atoms with E-state index >= 15 is 0 Å². The van der Waals surface area contributed by atoms with E-state index in [9.17, 15) is 4.79 Å². The van der Waals surface area contributed by atoms with Crippen LogP contribution in [0.25, 0.3) is 0 Å². The van der Waals surface area contributed by atoms with Crippen molar-refractivity contribution in [3.63, 3.8) is 0 Å². The molecule has 0 unspecified atom stereocenters. The fraction of sp³-hybridized carbons (Fsp3) is 0.278. The van der Waals surface area contributed by atoms with Gasteiger partial charge in [-0.1, -0.05) is 12.1 Å². The molecule has 5 nitrogen and oxygen atoms in total. The maximum Gasteiger partial charge on any atom is 0.251 e. The zero-order valence-corrected chi connectivity index (χ0v) is 13.7. The summed E-state index contributed by atoms with van der Waals surface area (Å²) in [6, 6.07) is 10.9. The van der Waals surface area contributed by atoms with Crippen LogP contribution in [0.3, 0.4) is 0 Å². The minimum atomic E-state index is -0.150. The lowest BCUT2D eigenvalue weighted by atomic mass is 10.1. The summed E-state index contributed by atoms with van der Waals surface area (Å²) in [7, 11) is 1.59. The quantitative estimate of drug-likeness (QED) is 0.804. The van der Waals surface area contributed by atoms with Crippen molar-refractivity contribution in [2.45, 2.75) is 20.4 Å². The number of nitrogens with one attached hydrogen (secondary N) is 1. The van der Waals surface area contributed by atoms with E-state index in [1.165, 1.54) is 0 Å². The number of benzene rings is 2. The molecule has 0 aliphatic heterocycles. The lowest BCUT2D eigenvalue weighted by Gasteiger charge is -2.12. The van der Waals surface area contributed by atoms with Gasteiger partial charge in [0.2, 0.25) is 0 Å². The Morgan fingerprint density at radius 1 is 1.17 bits per heavy atom. The number of amides is 1. The predicted molar refractivity (Wildman–Crippen MR) is 90.9 cm³/mol. The van der Waals surface area contributed by atoms with Crippen molar-refractivity contribution < 1.29 is 14.3 Å². The Morgan fingerprint density at radius 2 is 1.96 bits per heavy atom. The Balaban J connectivity index is 2.08. The molecule has 0 heterocycles. The van der Waals surface area contributed by atoms with E-state index in [-0.39, 0.29) is 5.91 Å². The number of hydrogen-bond donors (Lipinski definition) is 2. The average Bonchev–Trinajstić information content (AvgIpc) is 2.56. The third kappa shape index (κ3) is 4.16. The molecule has 1 amide bonds. The van der Waals surface area contributed by atoms with Gasteiger partial charge < -0.3 is 20.5 Å². The minimum Gasteiger partial charge on any atom is -0.493 e. The van der Waals surface area contributed by atoms with Crippen molar-refractivity contribution in [3.8, 4) is 11.5 Å². The van der Waals surface area contributed by atoms with Gasteiger partial charge in [0.1, 0.15) is 0 Å². The lowest BCUT2D eigenvalue weighted by Crippen LogP contribution is -2.23. The monoisotopic (exact) mass is 314 g/mol. The molecule has 5 heteroatoms. The Hall–Kier alpha value is -2.69. The van der Waals surface area contributed by atoms with Crippen LogP contribution in [0.4, 0.5) is 5.69 Å². The Labute approximate surface area is 136 Å². The maximum absolute atomic E-state index is 12.3. The minimum absolute atomic E-state index is 0.150. The molecule has 0 aliphatic carbocycles. The summed E-state index contributed by atoms with van der Waals surface area (Å²) < 4.78 is 10.8. The van der Waals surface area contributed by atoms with Crippen molar-refractivity contribution in [1.29, 1.82) is 0 Å². The molecule has 2 aromatic carbocycles. The highest BCUT2D eigenvalue weighted by atomic mass is 16.5. The molecule has 23 heavy (non-hydrogen) atoms. The molecule has 0 radical (unpaired) electrons. The van der Waals surface area contributed by atoms with Crippen LogP contribution in [0.5, 0.6) is 11.5 Å². The summed E-state index contributed by atoms with van der Waals surface area (Å²) in [5.41, 5.74) is 8.72. The van der Waals surface area contributed by atoms with E-state index in [0.717, 1.165) is 11.1 Å². The van der Waals surface area contributed by atoms with E-state index in [2.05, 4.69) is 5.32 Å². The Kier molecular flexibility index (Phi) is 5.46. The van der Waals surface area contributed by atoms with Gasteiger partial charge in [-0.15, -0.1) is 0 Å². The molecule has 0 fully saturated rings. The second kappa shape index (κ2) is 7.54. The largest absolute Gasteiger partial charge is 0.493 e. The third-order valence-corrected chi connectivity index (χ3v) is 3.49. The molecule has 0 saturated heterocycles. The number of methoxy groups -OCH3 is 1. The molecule has 2 rings (SSSR count). The van der Waals surface area contributed by atoms with Crippen LogP contribution in [-0.2, 0) is 6.54 Å². The molecule has 3 N–H and O–H groups in total. The lowest BCUT2D eigenvalue weighted by molar-refractivity contribution is 0.0950. The van der Waals surface area contributed by atoms with Crippen LogP contribution >= 0.6 is 0 Å². The van der Waals surface area contributed by atoms with Gasteiger partial charge in [0, 0.05) is 17.8 Å². The van der Waals surface area contributed by atoms with Gasteiger partial charge in [-0.25, -0.2) is 0 Å². The van der Waals surface area contributed by atoms with Crippen molar-refractivity contribution in [3.05, 3.63) is 53.1 Å². The van der Waals surface area contributed by atoms with E-state index < -0.39 is 0 Å². The average molecular weight is 314 g/mol. The number of nitrogens with two attached hydrogens (primary N) is 1. The van der Waals surface area contributed by atoms with Gasteiger partial charge in [0.15, 0.2) is 11.5 Å². The zero-order chi connectivity index (χ0) is 16.8. The first kappa shape index (κ1) is 16.7. The number of nitrogen functional groups attached to an aromatic ring is 1. The fourth-order valence-corrected chi connectivity index (χ4v) is 2.26. The molecule has 122 valence electrons. The molecule has 0 saturated carbocycles. The summed E-state index contributed by atoms with van der Waals surface area (Å²) in [5, 5.41) is 2.90. The fourth-order valence-electron chi connectivity index (χ4n) is 2.26. The smallest absolute Gasteiger partial charge is 0.251 e. The number of hydrogen-bond acceptors (Lipinski definition) is 4. The van der Waals surface area contributed by atoms with Gasteiger partial charge in [-0.2, -0.15) is 0 Å². The van der Waals surface area contributed by atoms with Crippen LogP contribution in [-0.4, -0.2) is 19.6 Å². The van der Waals surface area contributed by atoms with Crippen molar-refractivity contribution in [2.24, 2.45) is 0 Å². The molecule has 0 atom stereocenters. The van der Waals surface area contributed by atoms with E-state index in [1.54, 1.807) is 19.2 Å². The molecule has 0 bridgehead atoms. The van der Waals surface area contributed by atoms with Crippen LogP contribution in [0.15, 0.2) is 36.4 Å². The van der Waals surface area contributed by atoms with Gasteiger partial charge in [-0.3, -0.25) is 4.79 Å². The second-order valence-corrected chi connectivity index (χ2v) is 5.18. The van der Waals surface area contributed by atoms with E-state index in [1.807, 2.05) is 38.1 Å². The van der Waals surface area contributed by atoms with Crippen molar-refractivity contribution >= 4 is 11.6 Å². The summed E-state index contributed by atoms with van der Waals surface area (Å²) in [4.78, 5) is 12.3. The van der Waals surface area contributed by atoms with Crippen LogP contribution in [0.1, 0.15) is 28.4 Å². The van der Waals surface area contributed by atoms with E-state index in [0.29, 0.717) is 35.9 Å². The number of carbonyl (C=O) groups is 1. The highest BCUT2D eigenvalue weighted by Gasteiger charge is 2.10. The van der Waals surface area contributed by atoms with Crippen LogP contribution in [0, 0.1) is 6.92 Å². The molecule has 0 aliphatic rings. The second-order valence-electron chi connectivity index (χ2n) is 5.18. The summed E-state index contributed by atoms with van der Waals surface area (Å²) in [6.45, 7) is 4.77. The number of ether oxygens (including phenoxy) is 2. The van der Waals surface area contributed by atoms with Crippen LogP contribution < -0.4 is 20.5 Å². The van der Waals surface area contributed by atoms with Crippen molar-refractivity contribution in [2.75, 3.05) is 19.5 Å². The summed E-state index contributed by atoms with van der Waals surface area (Å²) in [5.74, 6) is 1.19. The highest BCUT2D eigenvalue weighted by Crippen LogP contribution is 2.28. The standard InChI is InChI=1S/C18H22N2O3/c1-4-23-16-8-6-13(9-17(16)22-3)11-20-18(21)15-10-14(19)7-5-12(15)2/h5-10H,4,11,19H2,1-3H3,(H,20,21). The van der Waals surface area contributed by atoms with Gasteiger partial charge in [0.25, 0.3) is 5.91 Å². The van der Waals surface area contributed by atoms with Gasteiger partial charge >= 0.3 is 0 Å². The number of rotatable bonds is 6. The zero-order valence-electron chi connectivity index (χ0n) is 13.7. The summed E-state index contributed by atoms with van der Waals surface area (Å²) in [6.07, 6.45) is 0. The maximum atomic E-state index is 12.3.